The van der Waals surface area contributed by atoms with E-state index in [1.54, 1.807) is 4.90 Å². The van der Waals surface area contributed by atoms with Crippen molar-refractivity contribution in [2.45, 2.75) is 57.9 Å². The third-order valence-electron chi connectivity index (χ3n) is 6.56. The fourth-order valence-electron chi connectivity index (χ4n) is 4.88. The molecular weight excluding hydrogens is 412 g/mol. The molecule has 2 heterocycles. The van der Waals surface area contributed by atoms with Crippen LogP contribution in [0, 0.1) is 20.8 Å². The number of likely N-dealkylation sites (tertiary alicyclic amines) is 1. The molecule has 0 aromatic heterocycles. The van der Waals surface area contributed by atoms with Gasteiger partial charge in [0.1, 0.15) is 0 Å². The lowest BCUT2D eigenvalue weighted by Gasteiger charge is -2.35. The van der Waals surface area contributed by atoms with E-state index >= 15 is 0 Å². The predicted octanol–water partition coefficient (Wildman–Crippen LogP) is 1.91. The van der Waals surface area contributed by atoms with Crippen LogP contribution in [0.15, 0.2) is 17.0 Å². The summed E-state index contributed by atoms with van der Waals surface area (Å²) in [7, 11) is -3.79. The van der Waals surface area contributed by atoms with Gasteiger partial charge in [0.2, 0.25) is 15.9 Å². The third kappa shape index (κ3) is 5.86. The van der Waals surface area contributed by atoms with E-state index in [0.717, 1.165) is 49.2 Å². The number of sulfonamides is 1. The first kappa shape index (κ1) is 24.2. The van der Waals surface area contributed by atoms with Crippen LogP contribution in [0.5, 0.6) is 0 Å². The topological polar surface area (TPSA) is 73.0 Å². The SMILES string of the molecule is Cc1cc(C)c(S(=O)(=O)N(CCN2CCCCC2C)CC(=O)N2CCNCC2)c(C)c1. The number of amides is 1. The van der Waals surface area contributed by atoms with Gasteiger partial charge in [-0.1, -0.05) is 24.1 Å². The molecule has 2 saturated heterocycles. The van der Waals surface area contributed by atoms with Crippen LogP contribution in [0.4, 0.5) is 0 Å². The molecule has 8 heteroatoms. The second-order valence-electron chi connectivity index (χ2n) is 9.08. The maximum atomic E-state index is 13.8. The summed E-state index contributed by atoms with van der Waals surface area (Å²) in [4.78, 5) is 17.5. The van der Waals surface area contributed by atoms with Gasteiger partial charge in [-0.05, 0) is 58.2 Å². The largest absolute Gasteiger partial charge is 0.339 e. The highest BCUT2D eigenvalue weighted by Gasteiger charge is 2.32. The maximum absolute atomic E-state index is 13.8. The van der Waals surface area contributed by atoms with E-state index in [2.05, 4.69) is 17.1 Å². The first-order valence-corrected chi connectivity index (χ1v) is 12.9. The molecule has 2 aliphatic heterocycles. The van der Waals surface area contributed by atoms with Crippen molar-refractivity contribution < 1.29 is 13.2 Å². The minimum absolute atomic E-state index is 0.0999. The van der Waals surface area contributed by atoms with E-state index in [1.807, 2.05) is 32.9 Å². The van der Waals surface area contributed by atoms with Crippen molar-refractivity contribution in [2.24, 2.45) is 0 Å². The van der Waals surface area contributed by atoms with Crippen molar-refractivity contribution in [3.05, 3.63) is 28.8 Å². The predicted molar refractivity (Wildman–Crippen MR) is 124 cm³/mol. The van der Waals surface area contributed by atoms with Gasteiger partial charge in [-0.25, -0.2) is 8.42 Å². The summed E-state index contributed by atoms with van der Waals surface area (Å²) in [6.07, 6.45) is 3.51. The number of hydrogen-bond acceptors (Lipinski definition) is 5. The van der Waals surface area contributed by atoms with Gasteiger partial charge in [-0.15, -0.1) is 0 Å². The standard InChI is InChI=1S/C23H38N4O3S/c1-18-15-19(2)23(20(3)16-18)31(29,30)27(14-13-25-10-6-5-7-21(25)4)17-22(28)26-11-8-24-9-12-26/h15-16,21,24H,5-14,17H2,1-4H3. The average Bonchev–Trinajstić information content (AvgIpc) is 2.71. The van der Waals surface area contributed by atoms with Crippen molar-refractivity contribution in [1.29, 1.82) is 0 Å². The molecule has 1 unspecified atom stereocenters. The van der Waals surface area contributed by atoms with Crippen molar-refractivity contribution in [2.75, 3.05) is 52.4 Å². The lowest BCUT2D eigenvalue weighted by molar-refractivity contribution is -0.132. The first-order chi connectivity index (χ1) is 14.7. The van der Waals surface area contributed by atoms with Crippen molar-refractivity contribution in [3.63, 3.8) is 0 Å². The van der Waals surface area contributed by atoms with Crippen molar-refractivity contribution >= 4 is 15.9 Å². The van der Waals surface area contributed by atoms with Gasteiger partial charge in [-0.3, -0.25) is 9.69 Å². The van der Waals surface area contributed by atoms with E-state index in [4.69, 9.17) is 0 Å². The van der Waals surface area contributed by atoms with Crippen LogP contribution in [-0.4, -0.2) is 86.8 Å². The summed E-state index contributed by atoms with van der Waals surface area (Å²) < 4.78 is 29.0. The number of piperidine rings is 1. The van der Waals surface area contributed by atoms with Crippen LogP contribution >= 0.6 is 0 Å². The Bertz CT molecular complexity index is 858. The van der Waals surface area contributed by atoms with E-state index in [0.29, 0.717) is 37.1 Å². The van der Waals surface area contributed by atoms with Crippen LogP contribution in [0.25, 0.3) is 0 Å². The number of aryl methyl sites for hydroxylation is 3. The number of piperazine rings is 1. The molecule has 0 aliphatic carbocycles. The van der Waals surface area contributed by atoms with E-state index in [-0.39, 0.29) is 12.5 Å². The van der Waals surface area contributed by atoms with Gasteiger partial charge in [0, 0.05) is 45.3 Å². The molecule has 7 nitrogen and oxygen atoms in total. The minimum atomic E-state index is -3.79. The number of nitrogens with one attached hydrogen (secondary N) is 1. The van der Waals surface area contributed by atoms with Gasteiger partial charge in [0.25, 0.3) is 0 Å². The Kier molecular flexibility index (Phi) is 8.13. The number of carbonyl (C=O) groups is 1. The zero-order valence-corrected chi connectivity index (χ0v) is 20.3. The molecule has 0 bridgehead atoms. The van der Waals surface area contributed by atoms with Gasteiger partial charge in [-0.2, -0.15) is 4.31 Å². The van der Waals surface area contributed by atoms with Crippen LogP contribution in [-0.2, 0) is 14.8 Å². The molecular formula is C23H38N4O3S. The van der Waals surface area contributed by atoms with E-state index in [1.165, 1.54) is 10.7 Å². The van der Waals surface area contributed by atoms with Crippen molar-refractivity contribution in [3.8, 4) is 0 Å². The Labute approximate surface area is 187 Å². The maximum Gasteiger partial charge on any atom is 0.244 e. The zero-order valence-electron chi connectivity index (χ0n) is 19.5. The summed E-state index contributed by atoms with van der Waals surface area (Å²) >= 11 is 0. The van der Waals surface area contributed by atoms with Gasteiger partial charge < -0.3 is 10.2 Å². The number of hydrogen-bond donors (Lipinski definition) is 1. The van der Waals surface area contributed by atoms with Crippen LogP contribution in [0.2, 0.25) is 0 Å². The molecule has 1 aromatic rings. The summed E-state index contributed by atoms with van der Waals surface area (Å²) in [5.74, 6) is -0.112. The second kappa shape index (κ2) is 10.4. The molecule has 2 fully saturated rings. The lowest BCUT2D eigenvalue weighted by Crippen LogP contribution is -2.51. The Morgan fingerprint density at radius 1 is 1.10 bits per heavy atom. The normalized spacial score (nSPS) is 20.9. The molecule has 0 radical (unpaired) electrons. The highest BCUT2D eigenvalue weighted by atomic mass is 32.2. The molecule has 1 amide bonds. The second-order valence-corrected chi connectivity index (χ2v) is 11.0. The van der Waals surface area contributed by atoms with Crippen LogP contribution in [0.3, 0.4) is 0 Å². The van der Waals surface area contributed by atoms with E-state index < -0.39 is 10.0 Å². The highest BCUT2D eigenvalue weighted by Crippen LogP contribution is 2.26. The summed E-state index contributed by atoms with van der Waals surface area (Å²) in [5.41, 5.74) is 2.52. The summed E-state index contributed by atoms with van der Waals surface area (Å²) in [6.45, 7) is 12.5. The number of rotatable bonds is 7. The molecule has 0 saturated carbocycles. The fourth-order valence-corrected chi connectivity index (χ4v) is 6.67. The van der Waals surface area contributed by atoms with Gasteiger partial charge in [0.05, 0.1) is 11.4 Å². The van der Waals surface area contributed by atoms with E-state index in [9.17, 15) is 13.2 Å². The quantitative estimate of drug-likeness (QED) is 0.687. The smallest absolute Gasteiger partial charge is 0.244 e. The summed E-state index contributed by atoms with van der Waals surface area (Å²) in [6, 6.07) is 4.26. The molecule has 3 rings (SSSR count). The molecule has 1 N–H and O–H groups in total. The molecule has 174 valence electrons. The number of benzene rings is 1. The van der Waals surface area contributed by atoms with Crippen LogP contribution < -0.4 is 5.32 Å². The van der Waals surface area contributed by atoms with Gasteiger partial charge >= 0.3 is 0 Å². The molecule has 1 aromatic carbocycles. The lowest BCUT2D eigenvalue weighted by atomic mass is 10.0. The minimum Gasteiger partial charge on any atom is -0.339 e. The highest BCUT2D eigenvalue weighted by molar-refractivity contribution is 7.89. The molecule has 2 aliphatic rings. The average molecular weight is 451 g/mol. The monoisotopic (exact) mass is 450 g/mol. The number of nitrogens with zero attached hydrogens (tertiary/aromatic N) is 3. The Morgan fingerprint density at radius 3 is 2.35 bits per heavy atom. The summed E-state index contributed by atoms with van der Waals surface area (Å²) in [5, 5.41) is 3.24. The Morgan fingerprint density at radius 2 is 1.74 bits per heavy atom. The van der Waals surface area contributed by atoms with Crippen LogP contribution in [0.1, 0.15) is 42.9 Å². The molecule has 31 heavy (non-hydrogen) atoms. The van der Waals surface area contributed by atoms with Crippen molar-refractivity contribution in [1.82, 2.24) is 19.4 Å². The molecule has 0 spiro atoms. The number of carbonyl (C=O) groups excluding carboxylic acids is 1. The van der Waals surface area contributed by atoms with Gasteiger partial charge in [0.15, 0.2) is 0 Å². The Hall–Kier alpha value is -1.48. The zero-order chi connectivity index (χ0) is 22.6. The third-order valence-corrected chi connectivity index (χ3v) is 8.71. The Balaban J connectivity index is 1.85. The fraction of sp³-hybridized carbons (Fsp3) is 0.696. The molecule has 1 atom stereocenters. The first-order valence-electron chi connectivity index (χ1n) is 11.5.